The highest BCUT2D eigenvalue weighted by atomic mass is 32.2. The number of nitrogens with one attached hydrogen (secondary N) is 2. The number of sulfonamides is 1. The highest BCUT2D eigenvalue weighted by Gasteiger charge is 2.19. The molecule has 1 aliphatic heterocycles. The molecule has 0 fully saturated rings. The van der Waals surface area contributed by atoms with E-state index in [9.17, 15) is 13.2 Å². The summed E-state index contributed by atoms with van der Waals surface area (Å²) in [5.41, 5.74) is 1.30. The van der Waals surface area contributed by atoms with Crippen LogP contribution in [0.2, 0.25) is 0 Å². The van der Waals surface area contributed by atoms with Crippen LogP contribution in [0.3, 0.4) is 0 Å². The molecule has 2 rings (SSSR count). The molecule has 1 aromatic carbocycles. The van der Waals surface area contributed by atoms with Crippen molar-refractivity contribution in [2.45, 2.75) is 25.7 Å². The minimum atomic E-state index is -3.72. The summed E-state index contributed by atoms with van der Waals surface area (Å²) in [4.78, 5) is 17.3. The van der Waals surface area contributed by atoms with E-state index in [0.29, 0.717) is 18.2 Å². The second kappa shape index (κ2) is 6.82. The Morgan fingerprint density at radius 2 is 1.96 bits per heavy atom. The van der Waals surface area contributed by atoms with E-state index in [1.165, 1.54) is 19.1 Å². The zero-order valence-electron chi connectivity index (χ0n) is 13.3. The van der Waals surface area contributed by atoms with E-state index in [1.54, 1.807) is 12.1 Å². The van der Waals surface area contributed by atoms with Gasteiger partial charge in [-0.2, -0.15) is 0 Å². The number of benzene rings is 1. The Labute approximate surface area is 136 Å². The molecular formula is C15H20N4O3S. The Balaban J connectivity index is 2.15. The number of amides is 1. The van der Waals surface area contributed by atoms with E-state index in [1.807, 2.05) is 24.9 Å². The SMILES string of the molecule is CCN1C=C(C)C(NS(=O)(=O)c2ccc(NC(C)=O)cc2)=NC1. The Morgan fingerprint density at radius 1 is 1.30 bits per heavy atom. The van der Waals surface area contributed by atoms with Crippen LogP contribution in [0.15, 0.2) is 45.9 Å². The number of anilines is 1. The molecule has 1 aliphatic rings. The molecule has 2 N–H and O–H groups in total. The van der Waals surface area contributed by atoms with E-state index in [4.69, 9.17) is 0 Å². The van der Waals surface area contributed by atoms with Crippen molar-refractivity contribution >= 4 is 27.5 Å². The Kier molecular flexibility index (Phi) is 5.05. The van der Waals surface area contributed by atoms with Crippen molar-refractivity contribution in [2.24, 2.45) is 4.99 Å². The molecule has 1 heterocycles. The lowest BCUT2D eigenvalue weighted by molar-refractivity contribution is -0.114. The summed E-state index contributed by atoms with van der Waals surface area (Å²) in [6, 6.07) is 5.96. The minimum absolute atomic E-state index is 0.111. The summed E-state index contributed by atoms with van der Waals surface area (Å²) in [5.74, 6) is 0.136. The van der Waals surface area contributed by atoms with Gasteiger partial charge in [-0.25, -0.2) is 13.4 Å². The number of carbonyl (C=O) groups is 1. The van der Waals surface area contributed by atoms with Crippen LogP contribution in [0, 0.1) is 0 Å². The van der Waals surface area contributed by atoms with Gasteiger partial charge in [0.15, 0.2) is 0 Å². The topological polar surface area (TPSA) is 90.9 Å². The maximum absolute atomic E-state index is 12.4. The molecule has 0 aromatic heterocycles. The molecule has 0 unspecified atom stereocenters. The van der Waals surface area contributed by atoms with Crippen LogP contribution in [0.5, 0.6) is 0 Å². The van der Waals surface area contributed by atoms with Gasteiger partial charge in [-0.05, 0) is 38.1 Å². The van der Waals surface area contributed by atoms with Crippen LogP contribution in [-0.2, 0) is 14.8 Å². The summed E-state index contributed by atoms with van der Waals surface area (Å²) in [6.07, 6.45) is 1.88. The lowest BCUT2D eigenvalue weighted by Gasteiger charge is -2.23. The summed E-state index contributed by atoms with van der Waals surface area (Å²) in [6.45, 7) is 6.44. The third-order valence-electron chi connectivity index (χ3n) is 3.28. The molecule has 0 aliphatic carbocycles. The molecule has 124 valence electrons. The molecule has 0 spiro atoms. The summed E-state index contributed by atoms with van der Waals surface area (Å²) >= 11 is 0. The minimum Gasteiger partial charge on any atom is -0.358 e. The van der Waals surface area contributed by atoms with Gasteiger partial charge in [0, 0.05) is 30.9 Å². The highest BCUT2D eigenvalue weighted by Crippen LogP contribution is 2.15. The van der Waals surface area contributed by atoms with Gasteiger partial charge in [-0.3, -0.25) is 9.52 Å². The van der Waals surface area contributed by atoms with Gasteiger partial charge >= 0.3 is 0 Å². The third kappa shape index (κ3) is 4.32. The van der Waals surface area contributed by atoms with E-state index in [2.05, 4.69) is 15.0 Å². The van der Waals surface area contributed by atoms with Crippen LogP contribution in [0.1, 0.15) is 20.8 Å². The molecule has 0 saturated carbocycles. The predicted molar refractivity (Wildman–Crippen MR) is 89.5 cm³/mol. The Hall–Kier alpha value is -2.35. The van der Waals surface area contributed by atoms with Crippen molar-refractivity contribution in [3.63, 3.8) is 0 Å². The van der Waals surface area contributed by atoms with Crippen molar-refractivity contribution in [2.75, 3.05) is 18.5 Å². The highest BCUT2D eigenvalue weighted by molar-refractivity contribution is 7.90. The Morgan fingerprint density at radius 3 is 2.48 bits per heavy atom. The van der Waals surface area contributed by atoms with Gasteiger partial charge in [0.25, 0.3) is 10.0 Å². The van der Waals surface area contributed by atoms with Crippen molar-refractivity contribution in [1.82, 2.24) is 9.62 Å². The fourth-order valence-corrected chi connectivity index (χ4v) is 3.17. The van der Waals surface area contributed by atoms with E-state index in [-0.39, 0.29) is 10.8 Å². The molecule has 0 atom stereocenters. The van der Waals surface area contributed by atoms with E-state index >= 15 is 0 Å². The molecular weight excluding hydrogens is 316 g/mol. The van der Waals surface area contributed by atoms with E-state index < -0.39 is 10.0 Å². The van der Waals surface area contributed by atoms with Crippen molar-refractivity contribution in [3.8, 4) is 0 Å². The van der Waals surface area contributed by atoms with Gasteiger partial charge in [-0.1, -0.05) is 0 Å². The molecule has 7 nitrogen and oxygen atoms in total. The van der Waals surface area contributed by atoms with Crippen LogP contribution < -0.4 is 10.0 Å². The van der Waals surface area contributed by atoms with Crippen LogP contribution in [0.4, 0.5) is 5.69 Å². The molecule has 0 radical (unpaired) electrons. The lowest BCUT2D eigenvalue weighted by Crippen LogP contribution is -2.35. The second-order valence-electron chi connectivity index (χ2n) is 5.18. The molecule has 1 amide bonds. The van der Waals surface area contributed by atoms with Crippen LogP contribution in [0.25, 0.3) is 0 Å². The second-order valence-corrected chi connectivity index (χ2v) is 6.86. The first-order valence-electron chi connectivity index (χ1n) is 7.19. The quantitative estimate of drug-likeness (QED) is 0.872. The fraction of sp³-hybridized carbons (Fsp3) is 0.333. The first-order chi connectivity index (χ1) is 10.8. The average molecular weight is 336 g/mol. The van der Waals surface area contributed by atoms with Gasteiger partial charge < -0.3 is 10.2 Å². The van der Waals surface area contributed by atoms with Gasteiger partial charge in [-0.15, -0.1) is 0 Å². The third-order valence-corrected chi connectivity index (χ3v) is 4.64. The average Bonchev–Trinajstić information content (AvgIpc) is 2.49. The van der Waals surface area contributed by atoms with Gasteiger partial charge in [0.05, 0.1) is 4.90 Å². The number of hydrogen-bond donors (Lipinski definition) is 2. The van der Waals surface area contributed by atoms with Crippen molar-refractivity contribution < 1.29 is 13.2 Å². The predicted octanol–water partition coefficient (Wildman–Crippen LogP) is 1.52. The first kappa shape index (κ1) is 17.0. The van der Waals surface area contributed by atoms with Crippen LogP contribution in [-0.4, -0.2) is 38.3 Å². The molecule has 1 aromatic rings. The van der Waals surface area contributed by atoms with Gasteiger partial charge in [0.2, 0.25) is 5.91 Å². The summed E-state index contributed by atoms with van der Waals surface area (Å²) < 4.78 is 27.3. The molecule has 0 bridgehead atoms. The Bertz CT molecular complexity index is 751. The molecule has 8 heteroatoms. The monoisotopic (exact) mass is 336 g/mol. The number of nitrogens with zero attached hydrogens (tertiary/aromatic N) is 2. The summed E-state index contributed by atoms with van der Waals surface area (Å²) in [7, 11) is -3.72. The fourth-order valence-electron chi connectivity index (χ4n) is 2.07. The number of rotatable bonds is 4. The number of hydrogen-bond acceptors (Lipinski definition) is 5. The largest absolute Gasteiger partial charge is 0.358 e. The lowest BCUT2D eigenvalue weighted by atomic mass is 10.3. The van der Waals surface area contributed by atoms with Crippen LogP contribution >= 0.6 is 0 Å². The number of carbonyl (C=O) groups excluding carboxylic acids is 1. The normalized spacial score (nSPS) is 14.8. The zero-order valence-corrected chi connectivity index (χ0v) is 14.1. The first-order valence-corrected chi connectivity index (χ1v) is 8.68. The van der Waals surface area contributed by atoms with Crippen molar-refractivity contribution in [1.29, 1.82) is 0 Å². The molecule has 23 heavy (non-hydrogen) atoms. The number of amidine groups is 1. The smallest absolute Gasteiger partial charge is 0.263 e. The standard InChI is InChI=1S/C15H20N4O3S/c1-4-19-9-11(2)15(16-10-19)18-23(21,22)14-7-5-13(6-8-14)17-12(3)20/h5-9H,4,10H2,1-3H3,(H,16,18)(H,17,20). The number of aliphatic imine (C=N–C) groups is 1. The van der Waals surface area contributed by atoms with E-state index in [0.717, 1.165) is 12.1 Å². The molecule has 0 saturated heterocycles. The van der Waals surface area contributed by atoms with Gasteiger partial charge in [0.1, 0.15) is 12.5 Å². The van der Waals surface area contributed by atoms with Crippen molar-refractivity contribution in [3.05, 3.63) is 36.0 Å². The zero-order chi connectivity index (χ0) is 17.0. The maximum atomic E-state index is 12.4. The maximum Gasteiger partial charge on any atom is 0.263 e. The summed E-state index contributed by atoms with van der Waals surface area (Å²) in [5, 5.41) is 2.59.